The molecule has 0 fully saturated rings. The minimum atomic E-state index is 0.257. The number of furan rings is 1. The minimum Gasteiger partial charge on any atom is -0.469 e. The highest BCUT2D eigenvalue weighted by Crippen LogP contribution is 2.25. The number of rotatable bonds is 4. The molecule has 0 aliphatic rings. The molecule has 0 saturated heterocycles. The lowest BCUT2D eigenvalue weighted by Gasteiger charge is -2.22. The molecule has 0 radical (unpaired) electrons. The van der Waals surface area contributed by atoms with Gasteiger partial charge in [0.2, 0.25) is 0 Å². The second-order valence-corrected chi connectivity index (χ2v) is 3.96. The Morgan fingerprint density at radius 2 is 2.25 bits per heavy atom. The predicted octanol–water partition coefficient (Wildman–Crippen LogP) is 2.20. The van der Waals surface area contributed by atoms with Crippen molar-refractivity contribution in [3.63, 3.8) is 0 Å². The molecule has 0 aromatic carbocycles. The van der Waals surface area contributed by atoms with Crippen molar-refractivity contribution < 1.29 is 4.42 Å². The summed E-state index contributed by atoms with van der Waals surface area (Å²) in [7, 11) is 0. The van der Waals surface area contributed by atoms with E-state index in [2.05, 4.69) is 13.8 Å². The summed E-state index contributed by atoms with van der Waals surface area (Å²) in [5.41, 5.74) is 5.77. The lowest BCUT2D eigenvalue weighted by Crippen LogP contribution is -2.19. The van der Waals surface area contributed by atoms with Gasteiger partial charge in [0.25, 0.3) is 0 Å². The van der Waals surface area contributed by atoms with E-state index < -0.39 is 0 Å². The molecule has 0 unspecified atom stereocenters. The first kappa shape index (κ1) is 9.33. The molecule has 2 N–H and O–H groups in total. The number of hydrogen-bond donors (Lipinski definition) is 1. The zero-order valence-corrected chi connectivity index (χ0v) is 7.84. The summed E-state index contributed by atoms with van der Waals surface area (Å²) in [6, 6.07) is 3.94. The van der Waals surface area contributed by atoms with Crippen LogP contribution in [-0.4, -0.2) is 6.54 Å². The van der Waals surface area contributed by atoms with Crippen LogP contribution in [0.2, 0.25) is 0 Å². The Labute approximate surface area is 73.8 Å². The van der Waals surface area contributed by atoms with Crippen LogP contribution in [0.25, 0.3) is 0 Å². The van der Waals surface area contributed by atoms with Crippen molar-refractivity contribution in [2.75, 3.05) is 6.54 Å². The predicted molar refractivity (Wildman–Crippen MR) is 49.9 cm³/mol. The molecule has 1 aromatic rings. The van der Waals surface area contributed by atoms with E-state index in [1.807, 2.05) is 12.1 Å². The van der Waals surface area contributed by atoms with Gasteiger partial charge in [0.05, 0.1) is 6.26 Å². The van der Waals surface area contributed by atoms with Gasteiger partial charge >= 0.3 is 0 Å². The molecule has 1 heterocycles. The van der Waals surface area contributed by atoms with Crippen LogP contribution in [0.3, 0.4) is 0 Å². The highest BCUT2D eigenvalue weighted by atomic mass is 16.3. The van der Waals surface area contributed by atoms with Crippen molar-refractivity contribution >= 4 is 0 Å². The van der Waals surface area contributed by atoms with Crippen LogP contribution in [0.5, 0.6) is 0 Å². The SMILES string of the molecule is CC(C)(CCN)Cc1ccco1. The molecule has 0 atom stereocenters. The van der Waals surface area contributed by atoms with Crippen LogP contribution < -0.4 is 5.73 Å². The smallest absolute Gasteiger partial charge is 0.104 e. The maximum atomic E-state index is 5.51. The fourth-order valence-corrected chi connectivity index (χ4v) is 1.36. The van der Waals surface area contributed by atoms with Crippen molar-refractivity contribution in [1.29, 1.82) is 0 Å². The van der Waals surface area contributed by atoms with E-state index in [0.29, 0.717) is 0 Å². The summed E-state index contributed by atoms with van der Waals surface area (Å²) in [4.78, 5) is 0. The van der Waals surface area contributed by atoms with E-state index in [9.17, 15) is 0 Å². The summed E-state index contributed by atoms with van der Waals surface area (Å²) in [6.07, 6.45) is 3.72. The Bertz CT molecular complexity index is 214. The normalized spacial score (nSPS) is 11.9. The molecule has 0 aliphatic carbocycles. The quantitative estimate of drug-likeness (QED) is 0.746. The lowest BCUT2D eigenvalue weighted by atomic mass is 9.85. The van der Waals surface area contributed by atoms with Gasteiger partial charge in [0, 0.05) is 6.42 Å². The summed E-state index contributed by atoms with van der Waals surface area (Å²) in [6.45, 7) is 5.17. The van der Waals surface area contributed by atoms with E-state index in [1.54, 1.807) is 6.26 Å². The first-order valence-corrected chi connectivity index (χ1v) is 4.36. The molecule has 0 spiro atoms. The number of hydrogen-bond acceptors (Lipinski definition) is 2. The van der Waals surface area contributed by atoms with Crippen molar-refractivity contribution in [3.8, 4) is 0 Å². The van der Waals surface area contributed by atoms with Crippen molar-refractivity contribution in [2.45, 2.75) is 26.7 Å². The first-order valence-electron chi connectivity index (χ1n) is 4.36. The average Bonchev–Trinajstić information content (AvgIpc) is 2.38. The standard InChI is InChI=1S/C10H17NO/c1-10(2,5-6-11)8-9-4-3-7-12-9/h3-4,7H,5-6,8,11H2,1-2H3. The average molecular weight is 167 g/mol. The van der Waals surface area contributed by atoms with Crippen molar-refractivity contribution in [2.24, 2.45) is 11.1 Å². The van der Waals surface area contributed by atoms with Gasteiger partial charge in [-0.1, -0.05) is 13.8 Å². The van der Waals surface area contributed by atoms with Gasteiger partial charge in [-0.05, 0) is 30.5 Å². The largest absolute Gasteiger partial charge is 0.469 e. The second kappa shape index (κ2) is 3.76. The van der Waals surface area contributed by atoms with E-state index in [-0.39, 0.29) is 5.41 Å². The Kier molecular flexibility index (Phi) is 2.93. The second-order valence-electron chi connectivity index (χ2n) is 3.96. The molecular weight excluding hydrogens is 150 g/mol. The van der Waals surface area contributed by atoms with Crippen LogP contribution in [0.15, 0.2) is 22.8 Å². The third-order valence-corrected chi connectivity index (χ3v) is 2.05. The van der Waals surface area contributed by atoms with E-state index >= 15 is 0 Å². The lowest BCUT2D eigenvalue weighted by molar-refractivity contribution is 0.309. The van der Waals surface area contributed by atoms with Crippen LogP contribution in [0.1, 0.15) is 26.0 Å². The molecule has 0 saturated carbocycles. The molecule has 2 nitrogen and oxygen atoms in total. The zero-order chi connectivity index (χ0) is 9.03. The van der Waals surface area contributed by atoms with Gasteiger partial charge < -0.3 is 10.2 Å². The molecule has 2 heteroatoms. The summed E-state index contributed by atoms with van der Waals surface area (Å²) in [5, 5.41) is 0. The minimum absolute atomic E-state index is 0.257. The summed E-state index contributed by atoms with van der Waals surface area (Å²) >= 11 is 0. The third kappa shape index (κ3) is 2.70. The van der Waals surface area contributed by atoms with E-state index in [0.717, 1.165) is 25.1 Å². The highest BCUT2D eigenvalue weighted by Gasteiger charge is 2.18. The molecule has 68 valence electrons. The maximum Gasteiger partial charge on any atom is 0.104 e. The highest BCUT2D eigenvalue weighted by molar-refractivity contribution is 5.00. The Hall–Kier alpha value is -0.760. The molecule has 0 amide bonds. The maximum absolute atomic E-state index is 5.51. The van der Waals surface area contributed by atoms with Crippen LogP contribution in [0, 0.1) is 5.41 Å². The zero-order valence-electron chi connectivity index (χ0n) is 7.84. The van der Waals surface area contributed by atoms with Crippen molar-refractivity contribution in [1.82, 2.24) is 0 Å². The molecular formula is C10H17NO. The van der Waals surface area contributed by atoms with Crippen LogP contribution in [-0.2, 0) is 6.42 Å². The van der Waals surface area contributed by atoms with Gasteiger partial charge in [-0.2, -0.15) is 0 Å². The van der Waals surface area contributed by atoms with Gasteiger partial charge in [-0.15, -0.1) is 0 Å². The number of nitrogens with two attached hydrogens (primary N) is 1. The third-order valence-electron chi connectivity index (χ3n) is 2.05. The van der Waals surface area contributed by atoms with Gasteiger partial charge in [-0.3, -0.25) is 0 Å². The molecule has 1 rings (SSSR count). The Balaban J connectivity index is 2.50. The topological polar surface area (TPSA) is 39.2 Å². The van der Waals surface area contributed by atoms with Gasteiger partial charge in [0.15, 0.2) is 0 Å². The van der Waals surface area contributed by atoms with Crippen LogP contribution >= 0.6 is 0 Å². The van der Waals surface area contributed by atoms with Crippen LogP contribution in [0.4, 0.5) is 0 Å². The van der Waals surface area contributed by atoms with Gasteiger partial charge in [0.1, 0.15) is 5.76 Å². The molecule has 0 bridgehead atoms. The molecule has 1 aromatic heterocycles. The Morgan fingerprint density at radius 1 is 1.50 bits per heavy atom. The summed E-state index contributed by atoms with van der Waals surface area (Å²) < 4.78 is 5.27. The summed E-state index contributed by atoms with van der Waals surface area (Å²) in [5.74, 6) is 1.05. The molecule has 0 aliphatic heterocycles. The monoisotopic (exact) mass is 167 g/mol. The Morgan fingerprint density at radius 3 is 2.75 bits per heavy atom. The van der Waals surface area contributed by atoms with E-state index in [4.69, 9.17) is 10.2 Å². The van der Waals surface area contributed by atoms with Gasteiger partial charge in [-0.25, -0.2) is 0 Å². The fraction of sp³-hybridized carbons (Fsp3) is 0.600. The fourth-order valence-electron chi connectivity index (χ4n) is 1.36. The van der Waals surface area contributed by atoms with Crippen molar-refractivity contribution in [3.05, 3.63) is 24.2 Å². The first-order chi connectivity index (χ1) is 5.64. The van der Waals surface area contributed by atoms with E-state index in [1.165, 1.54) is 0 Å². The molecule has 12 heavy (non-hydrogen) atoms.